The highest BCUT2D eigenvalue weighted by molar-refractivity contribution is 5.49. The fraction of sp³-hybridized carbons (Fsp3) is 0.267. The van der Waals surface area contributed by atoms with E-state index in [2.05, 4.69) is 31.4 Å². The van der Waals surface area contributed by atoms with Crippen molar-refractivity contribution in [2.24, 2.45) is 0 Å². The van der Waals surface area contributed by atoms with Gasteiger partial charge in [0.2, 0.25) is 0 Å². The highest BCUT2D eigenvalue weighted by Gasteiger charge is 1.88. The quantitative estimate of drug-likeness (QED) is 0.479. The standard InChI is InChI=1S/C15H18/c1-3-5-9-14(4-2)12-13-15-10-7-6-8-11-15/h4,6-8,10-11,13H,2-3,5,9H2,1H3. The summed E-state index contributed by atoms with van der Waals surface area (Å²) < 4.78 is 0. The fourth-order valence-corrected chi connectivity index (χ4v) is 1.33. The van der Waals surface area contributed by atoms with E-state index in [1.165, 1.54) is 24.0 Å². The van der Waals surface area contributed by atoms with Crippen molar-refractivity contribution in [2.45, 2.75) is 26.2 Å². The maximum Gasteiger partial charge on any atom is -0.00660 e. The molecule has 0 heterocycles. The van der Waals surface area contributed by atoms with Gasteiger partial charge in [0.1, 0.15) is 0 Å². The van der Waals surface area contributed by atoms with Crippen LogP contribution < -0.4 is 0 Å². The normalized spacial score (nSPS) is 9.13. The Morgan fingerprint density at radius 3 is 2.67 bits per heavy atom. The molecule has 0 spiro atoms. The molecule has 0 atom stereocenters. The van der Waals surface area contributed by atoms with Gasteiger partial charge in [-0.15, -0.1) is 5.73 Å². The topological polar surface area (TPSA) is 0 Å². The van der Waals surface area contributed by atoms with Crippen molar-refractivity contribution < 1.29 is 0 Å². The minimum atomic E-state index is 1.07. The summed E-state index contributed by atoms with van der Waals surface area (Å²) in [4.78, 5) is 0. The van der Waals surface area contributed by atoms with Crippen molar-refractivity contribution in [1.82, 2.24) is 0 Å². The van der Waals surface area contributed by atoms with Crippen LogP contribution in [0.2, 0.25) is 0 Å². The first-order valence-electron chi connectivity index (χ1n) is 5.50. The van der Waals surface area contributed by atoms with Crippen LogP contribution in [0.25, 0.3) is 6.08 Å². The minimum absolute atomic E-state index is 1.07. The van der Waals surface area contributed by atoms with Crippen LogP contribution in [-0.4, -0.2) is 0 Å². The van der Waals surface area contributed by atoms with E-state index in [-0.39, 0.29) is 0 Å². The zero-order chi connectivity index (χ0) is 10.9. The molecule has 0 aliphatic carbocycles. The molecule has 0 fully saturated rings. The van der Waals surface area contributed by atoms with Crippen LogP contribution in [0, 0.1) is 0 Å². The zero-order valence-corrected chi connectivity index (χ0v) is 9.37. The molecule has 0 aromatic heterocycles. The van der Waals surface area contributed by atoms with E-state index in [1.807, 2.05) is 30.4 Å². The van der Waals surface area contributed by atoms with Crippen molar-refractivity contribution >= 4 is 6.08 Å². The van der Waals surface area contributed by atoms with Crippen LogP contribution in [0.3, 0.4) is 0 Å². The molecule has 78 valence electrons. The summed E-state index contributed by atoms with van der Waals surface area (Å²) in [6, 6.07) is 10.2. The molecule has 0 N–H and O–H groups in total. The molecule has 1 aromatic carbocycles. The second-order valence-corrected chi connectivity index (χ2v) is 3.53. The molecule has 0 amide bonds. The minimum Gasteiger partial charge on any atom is -0.117 e. The summed E-state index contributed by atoms with van der Waals surface area (Å²) >= 11 is 0. The summed E-state index contributed by atoms with van der Waals surface area (Å²) in [5, 5.41) is 0. The SMILES string of the molecule is C=CC(=C=Cc1ccccc1)CCCC. The van der Waals surface area contributed by atoms with Gasteiger partial charge in [-0.25, -0.2) is 0 Å². The van der Waals surface area contributed by atoms with Gasteiger partial charge >= 0.3 is 0 Å². The van der Waals surface area contributed by atoms with Crippen LogP contribution in [0.5, 0.6) is 0 Å². The Balaban J connectivity index is 2.74. The van der Waals surface area contributed by atoms with E-state index in [1.54, 1.807) is 0 Å². The van der Waals surface area contributed by atoms with E-state index in [0.29, 0.717) is 0 Å². The van der Waals surface area contributed by atoms with E-state index < -0.39 is 0 Å². The second-order valence-electron chi connectivity index (χ2n) is 3.53. The number of rotatable bonds is 5. The Bertz CT molecular complexity index is 351. The summed E-state index contributed by atoms with van der Waals surface area (Å²) in [6.07, 6.45) is 7.41. The molecule has 0 aliphatic rings. The van der Waals surface area contributed by atoms with Gasteiger partial charge in [-0.2, -0.15) is 0 Å². The van der Waals surface area contributed by atoms with Crippen molar-refractivity contribution in [1.29, 1.82) is 0 Å². The maximum atomic E-state index is 3.81. The monoisotopic (exact) mass is 198 g/mol. The molecule has 0 saturated carbocycles. The first-order valence-corrected chi connectivity index (χ1v) is 5.50. The van der Waals surface area contributed by atoms with E-state index in [4.69, 9.17) is 0 Å². The number of hydrogen-bond acceptors (Lipinski definition) is 0. The molecule has 0 saturated heterocycles. The van der Waals surface area contributed by atoms with Gasteiger partial charge < -0.3 is 0 Å². The molecule has 1 rings (SSSR count). The lowest BCUT2D eigenvalue weighted by Gasteiger charge is -1.95. The lowest BCUT2D eigenvalue weighted by molar-refractivity contribution is 0.799. The number of unbranched alkanes of at least 4 members (excludes halogenated alkanes) is 1. The smallest absolute Gasteiger partial charge is 0.00660 e. The average Bonchev–Trinajstić information content (AvgIpc) is 2.31. The van der Waals surface area contributed by atoms with Gasteiger partial charge in [-0.1, -0.05) is 56.3 Å². The molecule has 15 heavy (non-hydrogen) atoms. The molecular weight excluding hydrogens is 180 g/mol. The first kappa shape index (κ1) is 11.6. The van der Waals surface area contributed by atoms with Gasteiger partial charge in [0.05, 0.1) is 0 Å². The van der Waals surface area contributed by atoms with Crippen LogP contribution in [0.15, 0.2) is 54.3 Å². The molecule has 0 aliphatic heterocycles. The maximum absolute atomic E-state index is 3.81. The summed E-state index contributed by atoms with van der Waals surface area (Å²) in [5.74, 6) is 0. The first-order chi connectivity index (χ1) is 7.36. The fourth-order valence-electron chi connectivity index (χ4n) is 1.33. The number of allylic oxidation sites excluding steroid dienone is 2. The lowest BCUT2D eigenvalue weighted by atomic mass is 10.1. The third kappa shape index (κ3) is 4.49. The van der Waals surface area contributed by atoms with E-state index >= 15 is 0 Å². The van der Waals surface area contributed by atoms with E-state index in [9.17, 15) is 0 Å². The summed E-state index contributed by atoms with van der Waals surface area (Å²) in [5.41, 5.74) is 5.68. The third-order valence-corrected chi connectivity index (χ3v) is 2.27. The Labute approximate surface area is 92.6 Å². The largest absolute Gasteiger partial charge is 0.117 e. The van der Waals surface area contributed by atoms with Gasteiger partial charge in [0.15, 0.2) is 0 Å². The Kier molecular flexibility index (Phi) is 5.29. The van der Waals surface area contributed by atoms with E-state index in [0.717, 1.165) is 6.42 Å². The molecule has 0 radical (unpaired) electrons. The third-order valence-electron chi connectivity index (χ3n) is 2.27. The van der Waals surface area contributed by atoms with Crippen molar-refractivity contribution in [3.05, 3.63) is 59.9 Å². The van der Waals surface area contributed by atoms with Gasteiger partial charge in [-0.3, -0.25) is 0 Å². The molecular formula is C15H18. The molecule has 0 heteroatoms. The predicted molar refractivity (Wildman–Crippen MR) is 67.7 cm³/mol. The Morgan fingerprint density at radius 1 is 1.33 bits per heavy atom. The van der Waals surface area contributed by atoms with Gasteiger partial charge in [0.25, 0.3) is 0 Å². The van der Waals surface area contributed by atoms with Crippen LogP contribution >= 0.6 is 0 Å². The Morgan fingerprint density at radius 2 is 2.07 bits per heavy atom. The van der Waals surface area contributed by atoms with Crippen molar-refractivity contribution in [3.63, 3.8) is 0 Å². The highest BCUT2D eigenvalue weighted by atomic mass is 13.9. The van der Waals surface area contributed by atoms with Gasteiger partial charge in [0, 0.05) is 0 Å². The van der Waals surface area contributed by atoms with Gasteiger partial charge in [-0.05, 0) is 30.1 Å². The molecule has 0 nitrogen and oxygen atoms in total. The van der Waals surface area contributed by atoms with Crippen LogP contribution in [0.4, 0.5) is 0 Å². The van der Waals surface area contributed by atoms with Crippen molar-refractivity contribution in [2.75, 3.05) is 0 Å². The second kappa shape index (κ2) is 6.86. The lowest BCUT2D eigenvalue weighted by Crippen LogP contribution is -1.76. The zero-order valence-electron chi connectivity index (χ0n) is 9.37. The highest BCUT2D eigenvalue weighted by Crippen LogP contribution is 2.08. The number of hydrogen-bond donors (Lipinski definition) is 0. The van der Waals surface area contributed by atoms with Crippen LogP contribution in [0.1, 0.15) is 31.7 Å². The van der Waals surface area contributed by atoms with Crippen LogP contribution in [-0.2, 0) is 0 Å². The van der Waals surface area contributed by atoms with Crippen molar-refractivity contribution in [3.8, 4) is 0 Å². The Hall–Kier alpha value is -1.52. The molecule has 0 bridgehead atoms. The summed E-state index contributed by atoms with van der Waals surface area (Å²) in [6.45, 7) is 6.00. The predicted octanol–water partition coefficient (Wildman–Crippen LogP) is 4.60. The molecule has 1 aromatic rings. The number of benzene rings is 1. The summed E-state index contributed by atoms with van der Waals surface area (Å²) in [7, 11) is 0. The average molecular weight is 198 g/mol. The molecule has 0 unspecified atom stereocenters.